The van der Waals surface area contributed by atoms with E-state index < -0.39 is 0 Å². The number of anilines is 2. The summed E-state index contributed by atoms with van der Waals surface area (Å²) < 4.78 is 0. The zero-order valence-electron chi connectivity index (χ0n) is 13.7. The number of nitrogens with zero attached hydrogens (tertiary/aromatic N) is 4. The van der Waals surface area contributed by atoms with Crippen molar-refractivity contribution in [1.82, 2.24) is 9.80 Å². The van der Waals surface area contributed by atoms with Crippen molar-refractivity contribution in [3.63, 3.8) is 0 Å². The molecule has 4 rings (SSSR count). The SMILES string of the molecule is C1=CN(c2ccccc2)CN1CCN1C=CN(c2ccccc2)C1. The Labute approximate surface area is 143 Å². The Morgan fingerprint density at radius 2 is 0.958 bits per heavy atom. The highest BCUT2D eigenvalue weighted by molar-refractivity contribution is 5.50. The molecule has 0 saturated carbocycles. The summed E-state index contributed by atoms with van der Waals surface area (Å²) in [5, 5.41) is 0. The summed E-state index contributed by atoms with van der Waals surface area (Å²) in [5.74, 6) is 0. The first kappa shape index (κ1) is 14.7. The van der Waals surface area contributed by atoms with Crippen LogP contribution in [0.3, 0.4) is 0 Å². The number of hydrogen-bond acceptors (Lipinski definition) is 4. The van der Waals surface area contributed by atoms with Crippen molar-refractivity contribution < 1.29 is 0 Å². The molecule has 2 aromatic carbocycles. The molecule has 2 aromatic rings. The molecule has 0 aliphatic carbocycles. The standard InChI is InChI=1S/C20H22N4/c1-3-7-19(8-4-1)23-15-13-21(17-23)11-12-22-14-16-24(18-22)20-9-5-2-6-10-20/h1-10,13-16H,11-12,17-18H2. The maximum absolute atomic E-state index is 2.35. The van der Waals surface area contributed by atoms with Crippen molar-refractivity contribution in [2.75, 3.05) is 36.2 Å². The number of hydrogen-bond donors (Lipinski definition) is 0. The van der Waals surface area contributed by atoms with Crippen LogP contribution in [0.1, 0.15) is 0 Å². The molecule has 0 fully saturated rings. The minimum atomic E-state index is 0.921. The van der Waals surface area contributed by atoms with E-state index in [2.05, 4.69) is 105 Å². The van der Waals surface area contributed by atoms with Crippen LogP contribution in [0.25, 0.3) is 0 Å². The van der Waals surface area contributed by atoms with Gasteiger partial charge in [0.15, 0.2) is 0 Å². The van der Waals surface area contributed by atoms with Gasteiger partial charge in [-0.1, -0.05) is 36.4 Å². The molecule has 2 aliphatic heterocycles. The molecule has 0 radical (unpaired) electrons. The molecular formula is C20H22N4. The molecule has 4 nitrogen and oxygen atoms in total. The van der Waals surface area contributed by atoms with E-state index in [1.54, 1.807) is 0 Å². The normalized spacial score (nSPS) is 16.5. The molecule has 0 saturated heterocycles. The van der Waals surface area contributed by atoms with Crippen LogP contribution in [-0.4, -0.2) is 36.2 Å². The Balaban J connectivity index is 1.26. The lowest BCUT2D eigenvalue weighted by atomic mass is 10.3. The highest BCUT2D eigenvalue weighted by atomic mass is 15.4. The van der Waals surface area contributed by atoms with Crippen LogP contribution in [0, 0.1) is 0 Å². The van der Waals surface area contributed by atoms with Crippen molar-refractivity contribution in [1.29, 1.82) is 0 Å². The minimum Gasteiger partial charge on any atom is -0.356 e. The third-order valence-electron chi connectivity index (χ3n) is 4.43. The van der Waals surface area contributed by atoms with Gasteiger partial charge in [0.05, 0.1) is 13.3 Å². The average Bonchev–Trinajstić information content (AvgIpc) is 3.31. The van der Waals surface area contributed by atoms with Gasteiger partial charge < -0.3 is 19.6 Å². The summed E-state index contributed by atoms with van der Waals surface area (Å²) in [6.45, 7) is 3.88. The Morgan fingerprint density at radius 3 is 1.38 bits per heavy atom. The smallest absolute Gasteiger partial charge is 0.0942 e. The topological polar surface area (TPSA) is 13.0 Å². The fourth-order valence-corrected chi connectivity index (χ4v) is 3.05. The Kier molecular flexibility index (Phi) is 4.11. The highest BCUT2D eigenvalue weighted by Gasteiger charge is 2.17. The summed E-state index contributed by atoms with van der Waals surface area (Å²) >= 11 is 0. The second-order valence-corrected chi connectivity index (χ2v) is 6.11. The molecule has 0 unspecified atom stereocenters. The predicted octanol–water partition coefficient (Wildman–Crippen LogP) is 3.49. The van der Waals surface area contributed by atoms with Gasteiger partial charge in [0.1, 0.15) is 0 Å². The average molecular weight is 318 g/mol. The van der Waals surface area contributed by atoms with Gasteiger partial charge in [-0.25, -0.2) is 0 Å². The van der Waals surface area contributed by atoms with E-state index in [-0.39, 0.29) is 0 Å². The van der Waals surface area contributed by atoms with Crippen LogP contribution in [0.4, 0.5) is 11.4 Å². The fraction of sp³-hybridized carbons (Fsp3) is 0.200. The van der Waals surface area contributed by atoms with Gasteiger partial charge in [0.25, 0.3) is 0 Å². The van der Waals surface area contributed by atoms with Gasteiger partial charge in [-0.15, -0.1) is 0 Å². The van der Waals surface area contributed by atoms with Crippen LogP contribution in [0.15, 0.2) is 85.5 Å². The lowest BCUT2D eigenvalue weighted by Crippen LogP contribution is -2.33. The van der Waals surface area contributed by atoms with Crippen LogP contribution in [0.5, 0.6) is 0 Å². The van der Waals surface area contributed by atoms with E-state index >= 15 is 0 Å². The van der Waals surface area contributed by atoms with Crippen LogP contribution in [0.2, 0.25) is 0 Å². The first-order valence-corrected chi connectivity index (χ1v) is 8.37. The highest BCUT2D eigenvalue weighted by Crippen LogP contribution is 2.20. The third-order valence-corrected chi connectivity index (χ3v) is 4.43. The number of para-hydroxylation sites is 2. The van der Waals surface area contributed by atoms with Gasteiger partial charge in [-0.2, -0.15) is 0 Å². The first-order valence-electron chi connectivity index (χ1n) is 8.37. The summed E-state index contributed by atoms with van der Waals surface area (Å²) in [6.07, 6.45) is 8.68. The van der Waals surface area contributed by atoms with Crippen molar-refractivity contribution in [3.8, 4) is 0 Å². The molecule has 24 heavy (non-hydrogen) atoms. The Bertz CT molecular complexity index is 647. The molecule has 122 valence electrons. The first-order chi connectivity index (χ1) is 11.9. The van der Waals surface area contributed by atoms with Gasteiger partial charge in [0, 0.05) is 49.3 Å². The zero-order chi connectivity index (χ0) is 16.2. The molecule has 2 aliphatic rings. The van der Waals surface area contributed by atoms with Crippen molar-refractivity contribution in [3.05, 3.63) is 85.5 Å². The van der Waals surface area contributed by atoms with E-state index in [0.717, 1.165) is 26.4 Å². The van der Waals surface area contributed by atoms with E-state index in [1.165, 1.54) is 11.4 Å². The lowest BCUT2D eigenvalue weighted by Gasteiger charge is -2.25. The number of rotatable bonds is 5. The second-order valence-electron chi connectivity index (χ2n) is 6.11. The maximum Gasteiger partial charge on any atom is 0.0942 e. The minimum absolute atomic E-state index is 0.921. The third kappa shape index (κ3) is 3.23. The largest absolute Gasteiger partial charge is 0.356 e. The lowest BCUT2D eigenvalue weighted by molar-refractivity contribution is 0.322. The fourth-order valence-electron chi connectivity index (χ4n) is 3.05. The van der Waals surface area contributed by atoms with Crippen LogP contribution < -0.4 is 9.80 Å². The summed E-state index contributed by atoms with van der Waals surface area (Å²) in [4.78, 5) is 9.25. The van der Waals surface area contributed by atoms with Crippen molar-refractivity contribution in [2.24, 2.45) is 0 Å². The van der Waals surface area contributed by atoms with Crippen LogP contribution >= 0.6 is 0 Å². The van der Waals surface area contributed by atoms with E-state index in [9.17, 15) is 0 Å². The molecule has 0 atom stereocenters. The van der Waals surface area contributed by atoms with E-state index in [1.807, 2.05) is 0 Å². The quantitative estimate of drug-likeness (QED) is 0.836. The summed E-state index contributed by atoms with van der Waals surface area (Å²) in [6, 6.07) is 21.0. The van der Waals surface area contributed by atoms with Crippen molar-refractivity contribution >= 4 is 11.4 Å². The van der Waals surface area contributed by atoms with Gasteiger partial charge in [0.2, 0.25) is 0 Å². The zero-order valence-corrected chi connectivity index (χ0v) is 13.7. The molecule has 0 N–H and O–H groups in total. The van der Waals surface area contributed by atoms with E-state index in [4.69, 9.17) is 0 Å². The van der Waals surface area contributed by atoms with Gasteiger partial charge in [-0.3, -0.25) is 0 Å². The predicted molar refractivity (Wildman–Crippen MR) is 99.3 cm³/mol. The maximum atomic E-state index is 2.35. The van der Waals surface area contributed by atoms with Gasteiger partial charge in [-0.05, 0) is 24.3 Å². The molecule has 2 heterocycles. The summed E-state index contributed by atoms with van der Waals surface area (Å²) in [5.41, 5.74) is 2.49. The molecular weight excluding hydrogens is 296 g/mol. The van der Waals surface area contributed by atoms with Crippen LogP contribution in [-0.2, 0) is 0 Å². The number of benzene rings is 2. The molecule has 0 amide bonds. The summed E-state index contributed by atoms with van der Waals surface area (Å²) in [7, 11) is 0. The monoisotopic (exact) mass is 318 g/mol. The van der Waals surface area contributed by atoms with Crippen molar-refractivity contribution in [2.45, 2.75) is 0 Å². The second kappa shape index (κ2) is 6.71. The Hall–Kier alpha value is -2.88. The van der Waals surface area contributed by atoms with Gasteiger partial charge >= 0.3 is 0 Å². The molecule has 4 heteroatoms. The molecule has 0 spiro atoms. The molecule has 0 bridgehead atoms. The van der Waals surface area contributed by atoms with E-state index in [0.29, 0.717) is 0 Å². The molecule has 0 aromatic heterocycles. The Morgan fingerprint density at radius 1 is 0.542 bits per heavy atom.